The molecule has 2 aromatic carbocycles. The zero-order chi connectivity index (χ0) is 15.4. The molecule has 0 aliphatic carbocycles. The van der Waals surface area contributed by atoms with Gasteiger partial charge in [-0.15, -0.1) is 0 Å². The number of nitro groups is 1. The molecule has 0 saturated heterocycles. The molecule has 0 radical (unpaired) electrons. The van der Waals surface area contributed by atoms with Crippen LogP contribution in [0.2, 0.25) is 0 Å². The molecule has 5 heteroatoms. The Morgan fingerprint density at radius 3 is 2.43 bits per heavy atom. The van der Waals surface area contributed by atoms with Crippen molar-refractivity contribution in [2.75, 3.05) is 7.05 Å². The molecule has 110 valence electrons. The fourth-order valence-electron chi connectivity index (χ4n) is 1.97. The molecular weight excluding hydrogens is 268 g/mol. The van der Waals surface area contributed by atoms with Crippen molar-refractivity contribution in [3.8, 4) is 11.5 Å². The summed E-state index contributed by atoms with van der Waals surface area (Å²) in [5.41, 5.74) is 2.01. The van der Waals surface area contributed by atoms with Gasteiger partial charge in [0.15, 0.2) is 0 Å². The summed E-state index contributed by atoms with van der Waals surface area (Å²) in [5, 5.41) is 14.2. The van der Waals surface area contributed by atoms with Gasteiger partial charge in [0.1, 0.15) is 5.75 Å². The third-order valence-electron chi connectivity index (χ3n) is 3.35. The highest BCUT2D eigenvalue weighted by atomic mass is 16.6. The smallest absolute Gasteiger partial charge is 0.311 e. The van der Waals surface area contributed by atoms with E-state index in [0.29, 0.717) is 5.75 Å². The van der Waals surface area contributed by atoms with Gasteiger partial charge in [-0.3, -0.25) is 10.1 Å². The van der Waals surface area contributed by atoms with E-state index in [9.17, 15) is 10.1 Å². The predicted octanol–water partition coefficient (Wildman–Crippen LogP) is 3.98. The van der Waals surface area contributed by atoms with Crippen LogP contribution in [0.3, 0.4) is 0 Å². The molecule has 21 heavy (non-hydrogen) atoms. The summed E-state index contributed by atoms with van der Waals surface area (Å²) < 4.78 is 5.66. The summed E-state index contributed by atoms with van der Waals surface area (Å²) in [7, 11) is 1.89. The fourth-order valence-corrected chi connectivity index (χ4v) is 1.97. The van der Waals surface area contributed by atoms with Crippen molar-refractivity contribution in [2.45, 2.75) is 19.9 Å². The second kappa shape index (κ2) is 6.37. The molecule has 2 rings (SSSR count). The normalized spacial score (nSPS) is 12.0. The molecule has 5 nitrogen and oxygen atoms in total. The Bertz CT molecular complexity index is 638. The summed E-state index contributed by atoms with van der Waals surface area (Å²) in [6.45, 7) is 3.93. The van der Waals surface area contributed by atoms with Gasteiger partial charge in [0.25, 0.3) is 0 Å². The molecule has 0 amide bonds. The lowest BCUT2D eigenvalue weighted by Gasteiger charge is -2.12. The first-order chi connectivity index (χ1) is 10.0. The van der Waals surface area contributed by atoms with Crippen molar-refractivity contribution in [1.29, 1.82) is 0 Å². The Kier molecular flexibility index (Phi) is 4.55. The van der Waals surface area contributed by atoms with Crippen LogP contribution < -0.4 is 10.1 Å². The van der Waals surface area contributed by atoms with Crippen LogP contribution in [0.15, 0.2) is 42.5 Å². The Morgan fingerprint density at radius 2 is 1.86 bits per heavy atom. The number of hydrogen-bond donors (Lipinski definition) is 1. The number of ether oxygens (including phenoxy) is 1. The van der Waals surface area contributed by atoms with E-state index in [0.717, 1.165) is 11.1 Å². The van der Waals surface area contributed by atoms with E-state index < -0.39 is 4.92 Å². The van der Waals surface area contributed by atoms with Gasteiger partial charge in [-0.05, 0) is 50.2 Å². The van der Waals surface area contributed by atoms with Crippen molar-refractivity contribution in [3.05, 3.63) is 63.7 Å². The molecule has 1 atom stereocenters. The molecule has 0 aromatic heterocycles. The van der Waals surface area contributed by atoms with Crippen LogP contribution in [-0.4, -0.2) is 12.0 Å². The molecule has 0 bridgehead atoms. The van der Waals surface area contributed by atoms with Crippen LogP contribution in [0.1, 0.15) is 24.1 Å². The maximum Gasteiger partial charge on any atom is 0.311 e. The fraction of sp³-hybridized carbons (Fsp3) is 0.250. The van der Waals surface area contributed by atoms with E-state index in [1.165, 1.54) is 6.07 Å². The topological polar surface area (TPSA) is 64.4 Å². The average molecular weight is 286 g/mol. The van der Waals surface area contributed by atoms with Gasteiger partial charge in [0.05, 0.1) is 4.92 Å². The summed E-state index contributed by atoms with van der Waals surface area (Å²) in [6.07, 6.45) is 0. The Morgan fingerprint density at radius 1 is 1.19 bits per heavy atom. The lowest BCUT2D eigenvalue weighted by Crippen LogP contribution is -2.11. The number of nitrogens with one attached hydrogen (secondary N) is 1. The number of rotatable bonds is 5. The highest BCUT2D eigenvalue weighted by Gasteiger charge is 2.15. The largest absolute Gasteiger partial charge is 0.450 e. The monoisotopic (exact) mass is 286 g/mol. The molecule has 0 heterocycles. The van der Waals surface area contributed by atoms with Gasteiger partial charge in [0, 0.05) is 12.1 Å². The first-order valence-corrected chi connectivity index (χ1v) is 6.71. The number of nitrogens with zero attached hydrogens (tertiary/aromatic N) is 1. The Labute approximate surface area is 123 Å². The van der Waals surface area contributed by atoms with Crippen LogP contribution in [-0.2, 0) is 0 Å². The van der Waals surface area contributed by atoms with E-state index in [-0.39, 0.29) is 17.5 Å². The SMILES string of the molecule is CNC(C)c1ccc(Oc2cc(C)ccc2[N+](=O)[O-])cc1. The summed E-state index contributed by atoms with van der Waals surface area (Å²) in [5.74, 6) is 0.838. The first-order valence-electron chi connectivity index (χ1n) is 6.71. The number of nitro benzene ring substituents is 1. The number of hydrogen-bond acceptors (Lipinski definition) is 4. The van der Waals surface area contributed by atoms with Gasteiger partial charge >= 0.3 is 5.69 Å². The standard InChI is InChI=1S/C16H18N2O3/c1-11-4-9-15(18(19)20)16(10-11)21-14-7-5-13(6-8-14)12(2)17-3/h4-10,12,17H,1-3H3. The quantitative estimate of drug-likeness (QED) is 0.667. The highest BCUT2D eigenvalue weighted by molar-refractivity contribution is 5.50. The molecular formula is C16H18N2O3. The lowest BCUT2D eigenvalue weighted by molar-refractivity contribution is -0.385. The number of benzene rings is 2. The zero-order valence-electron chi connectivity index (χ0n) is 12.3. The third kappa shape index (κ3) is 3.58. The molecule has 0 aliphatic rings. The third-order valence-corrected chi connectivity index (χ3v) is 3.35. The van der Waals surface area contributed by atoms with Gasteiger partial charge in [-0.1, -0.05) is 18.2 Å². The minimum absolute atomic E-state index is 0.0340. The Hall–Kier alpha value is -2.40. The van der Waals surface area contributed by atoms with Crippen LogP contribution in [0.5, 0.6) is 11.5 Å². The predicted molar refractivity (Wildman–Crippen MR) is 81.8 cm³/mol. The van der Waals surface area contributed by atoms with E-state index in [2.05, 4.69) is 12.2 Å². The molecule has 2 aromatic rings. The molecule has 1 unspecified atom stereocenters. The average Bonchev–Trinajstić information content (AvgIpc) is 2.47. The second-order valence-electron chi connectivity index (χ2n) is 4.91. The minimum atomic E-state index is -0.438. The van der Waals surface area contributed by atoms with Gasteiger partial charge < -0.3 is 10.1 Å². The van der Waals surface area contributed by atoms with Crippen molar-refractivity contribution in [2.24, 2.45) is 0 Å². The summed E-state index contributed by atoms with van der Waals surface area (Å²) >= 11 is 0. The van der Waals surface area contributed by atoms with Crippen molar-refractivity contribution in [1.82, 2.24) is 5.32 Å². The summed E-state index contributed by atoms with van der Waals surface area (Å²) in [6, 6.07) is 12.6. The van der Waals surface area contributed by atoms with Crippen molar-refractivity contribution >= 4 is 5.69 Å². The van der Waals surface area contributed by atoms with Crippen LogP contribution in [0.4, 0.5) is 5.69 Å². The second-order valence-corrected chi connectivity index (χ2v) is 4.91. The Balaban J connectivity index is 2.26. The van der Waals surface area contributed by atoms with E-state index in [4.69, 9.17) is 4.74 Å². The maximum absolute atomic E-state index is 11.0. The van der Waals surface area contributed by atoms with Gasteiger partial charge in [-0.25, -0.2) is 0 Å². The first kappa shape index (κ1) is 15.0. The molecule has 0 aliphatic heterocycles. The lowest BCUT2D eigenvalue weighted by atomic mass is 10.1. The van der Waals surface area contributed by atoms with E-state index in [1.807, 2.05) is 38.2 Å². The number of aryl methyl sites for hydroxylation is 1. The maximum atomic E-state index is 11.0. The minimum Gasteiger partial charge on any atom is -0.450 e. The molecule has 0 spiro atoms. The van der Waals surface area contributed by atoms with Crippen molar-refractivity contribution < 1.29 is 9.66 Å². The molecule has 1 N–H and O–H groups in total. The summed E-state index contributed by atoms with van der Waals surface area (Å²) in [4.78, 5) is 10.6. The van der Waals surface area contributed by atoms with Gasteiger partial charge in [-0.2, -0.15) is 0 Å². The van der Waals surface area contributed by atoms with Crippen molar-refractivity contribution in [3.63, 3.8) is 0 Å². The van der Waals surface area contributed by atoms with Crippen LogP contribution in [0.25, 0.3) is 0 Å². The van der Waals surface area contributed by atoms with E-state index in [1.54, 1.807) is 12.1 Å². The molecule has 0 saturated carbocycles. The van der Waals surface area contributed by atoms with E-state index >= 15 is 0 Å². The highest BCUT2D eigenvalue weighted by Crippen LogP contribution is 2.32. The van der Waals surface area contributed by atoms with Crippen LogP contribution >= 0.6 is 0 Å². The van der Waals surface area contributed by atoms with Gasteiger partial charge in [0.2, 0.25) is 5.75 Å². The molecule has 0 fully saturated rings. The van der Waals surface area contributed by atoms with Crippen LogP contribution in [0, 0.1) is 17.0 Å². The zero-order valence-corrected chi connectivity index (χ0v) is 12.3.